The molecule has 0 saturated carbocycles. The summed E-state index contributed by atoms with van der Waals surface area (Å²) in [5.74, 6) is 1.78. The molecule has 1 aromatic carbocycles. The summed E-state index contributed by atoms with van der Waals surface area (Å²) in [6, 6.07) is 15.8. The number of nitrogens with zero attached hydrogens (tertiary/aromatic N) is 5. The van der Waals surface area contributed by atoms with Gasteiger partial charge in [0.25, 0.3) is 0 Å². The van der Waals surface area contributed by atoms with Crippen molar-refractivity contribution in [3.8, 4) is 22.1 Å². The van der Waals surface area contributed by atoms with Crippen molar-refractivity contribution in [2.24, 2.45) is 5.41 Å². The maximum atomic E-state index is 13.4. The number of benzene rings is 1. The lowest BCUT2D eigenvalue weighted by molar-refractivity contribution is -0.219. The number of aromatic nitrogens is 4. The van der Waals surface area contributed by atoms with Gasteiger partial charge in [0.1, 0.15) is 28.1 Å². The molecule has 2 unspecified atom stereocenters. The Hall–Kier alpha value is -3.10. The van der Waals surface area contributed by atoms with Crippen LogP contribution >= 0.6 is 23.3 Å². The van der Waals surface area contributed by atoms with Gasteiger partial charge in [0.05, 0.1) is 10.7 Å². The summed E-state index contributed by atoms with van der Waals surface area (Å²) in [5.41, 5.74) is 0.892. The lowest BCUT2D eigenvalue weighted by atomic mass is 9.94. The van der Waals surface area contributed by atoms with Crippen LogP contribution in [0.3, 0.4) is 0 Å². The highest BCUT2D eigenvalue weighted by Gasteiger charge is 2.48. The van der Waals surface area contributed by atoms with Crippen LogP contribution in [0.4, 0.5) is 24.1 Å². The van der Waals surface area contributed by atoms with Crippen LogP contribution in [-0.2, 0) is 17.2 Å². The van der Waals surface area contributed by atoms with Crippen LogP contribution in [0.25, 0.3) is 16.3 Å². The third kappa shape index (κ3) is 8.14. The Balaban J connectivity index is 1.29. The second-order valence-corrected chi connectivity index (χ2v) is 16.2. The van der Waals surface area contributed by atoms with Gasteiger partial charge in [-0.2, -0.15) is 13.2 Å². The molecule has 0 aliphatic carbocycles. The first-order valence-electron chi connectivity index (χ1n) is 15.9. The standard InChI is InChI=1S/C33H39F3N6O2S3/c1-32(2,33(34,35)36)22-44-27-17-19-42(39-27)30-29-25-14-7-6-12-23(25)11-5-3-4-8-18-41(21-24-13-10-20-47(24)43)26-15-9-16-28(37-26)46-40-31(38-29)45-30/h6-7,9,12,14-17,19,24H,3-5,8,10-11,13,18,20-22H2,1-2H3,(H,38,40). The number of fused-ring (bicyclic) bond motifs is 6. The molecule has 6 rings (SSSR count). The van der Waals surface area contributed by atoms with Gasteiger partial charge in [-0.1, -0.05) is 54.5 Å². The van der Waals surface area contributed by atoms with E-state index >= 15 is 0 Å². The van der Waals surface area contributed by atoms with Crippen molar-refractivity contribution in [1.29, 1.82) is 0 Å². The summed E-state index contributed by atoms with van der Waals surface area (Å²) in [7, 11) is -0.791. The molecule has 8 nitrogen and oxygen atoms in total. The Morgan fingerprint density at radius 2 is 1.85 bits per heavy atom. The molecule has 2 aliphatic rings. The normalized spacial score (nSPS) is 19.6. The summed E-state index contributed by atoms with van der Waals surface area (Å²) in [6.07, 6.45) is 4.38. The lowest BCUT2D eigenvalue weighted by Gasteiger charge is -2.26. The second kappa shape index (κ2) is 14.6. The Bertz CT molecular complexity index is 1690. The number of halogens is 3. The van der Waals surface area contributed by atoms with E-state index in [1.54, 1.807) is 16.9 Å². The van der Waals surface area contributed by atoms with Crippen LogP contribution in [0.15, 0.2) is 59.8 Å². The lowest BCUT2D eigenvalue weighted by Crippen LogP contribution is -2.37. The average molecular weight is 705 g/mol. The largest absolute Gasteiger partial charge is 0.476 e. The first-order valence-corrected chi connectivity index (χ1v) is 19.0. The summed E-state index contributed by atoms with van der Waals surface area (Å²) in [5, 5.41) is 6.82. The summed E-state index contributed by atoms with van der Waals surface area (Å²) < 4.78 is 63.4. The molecule has 4 aromatic rings. The summed E-state index contributed by atoms with van der Waals surface area (Å²) in [6.45, 7) is 3.30. The number of aryl methyl sites for hydroxylation is 1. The minimum atomic E-state index is -4.40. The second-order valence-electron chi connectivity index (χ2n) is 12.6. The Morgan fingerprint density at radius 3 is 2.66 bits per heavy atom. The number of hydrogen-bond donors (Lipinski definition) is 1. The average Bonchev–Trinajstić information content (AvgIpc) is 3.79. The Labute approximate surface area is 284 Å². The quantitative estimate of drug-likeness (QED) is 0.201. The first kappa shape index (κ1) is 33.8. The van der Waals surface area contributed by atoms with Gasteiger partial charge in [0.2, 0.25) is 5.88 Å². The molecule has 4 bridgehead atoms. The van der Waals surface area contributed by atoms with E-state index in [2.05, 4.69) is 26.9 Å². The monoisotopic (exact) mass is 704 g/mol. The SMILES string of the molecule is CC(C)(COc1ccn(-c2sc3nc2-c2ccccc2CCCCCCN(CC2CCCS2=O)c2cccc(n2)SN3)n1)C(F)(F)F. The van der Waals surface area contributed by atoms with Gasteiger partial charge in [0.15, 0.2) is 5.13 Å². The number of thiazole rings is 1. The Kier molecular flexibility index (Phi) is 10.5. The first-order chi connectivity index (χ1) is 22.6. The maximum absolute atomic E-state index is 13.4. The van der Waals surface area contributed by atoms with Crippen molar-refractivity contribution in [2.45, 2.75) is 75.2 Å². The number of hydrogen-bond acceptors (Lipinski definition) is 9. The predicted molar refractivity (Wildman–Crippen MR) is 184 cm³/mol. The Morgan fingerprint density at radius 1 is 1.02 bits per heavy atom. The zero-order valence-corrected chi connectivity index (χ0v) is 28.9. The van der Waals surface area contributed by atoms with Crippen LogP contribution in [0.2, 0.25) is 0 Å². The topological polar surface area (TPSA) is 85.2 Å². The van der Waals surface area contributed by atoms with Gasteiger partial charge < -0.3 is 14.4 Å². The molecule has 2 atom stereocenters. The number of ether oxygens (including phenoxy) is 1. The minimum Gasteiger partial charge on any atom is -0.476 e. The van der Waals surface area contributed by atoms with Crippen molar-refractivity contribution >= 4 is 45.0 Å². The van der Waals surface area contributed by atoms with E-state index in [9.17, 15) is 17.4 Å². The van der Waals surface area contributed by atoms with Crippen LogP contribution in [0, 0.1) is 5.41 Å². The molecule has 2 aliphatic heterocycles. The number of pyridine rings is 1. The van der Waals surface area contributed by atoms with Crippen molar-refractivity contribution in [2.75, 3.05) is 35.1 Å². The molecule has 3 aromatic heterocycles. The zero-order valence-electron chi connectivity index (χ0n) is 26.5. The third-order valence-corrected chi connectivity index (χ3v) is 12.2. The number of rotatable bonds is 6. The molecule has 1 saturated heterocycles. The zero-order chi connectivity index (χ0) is 33.0. The number of anilines is 2. The maximum Gasteiger partial charge on any atom is 0.397 e. The molecule has 1 fully saturated rings. The van der Waals surface area contributed by atoms with E-state index in [1.165, 1.54) is 28.8 Å². The van der Waals surface area contributed by atoms with Gasteiger partial charge in [-0.05, 0) is 63.6 Å². The van der Waals surface area contributed by atoms with E-state index < -0.39 is 29.0 Å². The fourth-order valence-corrected chi connectivity index (χ4v) is 8.81. The van der Waals surface area contributed by atoms with Crippen molar-refractivity contribution < 1.29 is 22.1 Å². The van der Waals surface area contributed by atoms with E-state index in [0.717, 1.165) is 105 Å². The van der Waals surface area contributed by atoms with Crippen LogP contribution in [-0.4, -0.2) is 60.8 Å². The van der Waals surface area contributed by atoms with E-state index in [1.807, 2.05) is 30.3 Å². The van der Waals surface area contributed by atoms with Crippen molar-refractivity contribution in [3.63, 3.8) is 0 Å². The van der Waals surface area contributed by atoms with Crippen LogP contribution in [0.1, 0.15) is 57.9 Å². The van der Waals surface area contributed by atoms with E-state index in [4.69, 9.17) is 14.7 Å². The van der Waals surface area contributed by atoms with Gasteiger partial charge in [-0.25, -0.2) is 14.6 Å². The molecule has 0 amide bonds. The molecular formula is C33H39F3N6O2S3. The molecule has 47 heavy (non-hydrogen) atoms. The smallest absolute Gasteiger partial charge is 0.397 e. The van der Waals surface area contributed by atoms with Gasteiger partial charge >= 0.3 is 6.18 Å². The fraction of sp³-hybridized carbons (Fsp3) is 0.485. The highest BCUT2D eigenvalue weighted by Crippen LogP contribution is 2.40. The third-order valence-electron chi connectivity index (χ3n) is 8.57. The highest BCUT2D eigenvalue weighted by atomic mass is 32.2. The van der Waals surface area contributed by atoms with Gasteiger partial charge in [-0.3, -0.25) is 4.21 Å². The predicted octanol–water partition coefficient (Wildman–Crippen LogP) is 8.31. The molecule has 0 spiro atoms. The van der Waals surface area contributed by atoms with Gasteiger partial charge in [0, 0.05) is 59.4 Å². The molecule has 1 N–H and O–H groups in total. The van der Waals surface area contributed by atoms with Gasteiger partial charge in [-0.15, -0.1) is 5.10 Å². The van der Waals surface area contributed by atoms with Crippen molar-refractivity contribution in [1.82, 2.24) is 19.7 Å². The molecule has 0 radical (unpaired) electrons. The number of alkyl halides is 3. The minimum absolute atomic E-state index is 0.111. The van der Waals surface area contributed by atoms with Crippen molar-refractivity contribution in [3.05, 3.63) is 60.3 Å². The summed E-state index contributed by atoms with van der Waals surface area (Å²) >= 11 is 2.76. The van der Waals surface area contributed by atoms with E-state index in [0.29, 0.717) is 5.13 Å². The number of nitrogens with one attached hydrogen (secondary N) is 1. The van der Waals surface area contributed by atoms with E-state index in [-0.39, 0.29) is 11.1 Å². The molecule has 14 heteroatoms. The summed E-state index contributed by atoms with van der Waals surface area (Å²) in [4.78, 5) is 12.3. The molecular weight excluding hydrogens is 666 g/mol. The molecule has 5 heterocycles. The fourth-order valence-electron chi connectivity index (χ4n) is 5.66. The van der Waals surface area contributed by atoms with Crippen LogP contribution in [0.5, 0.6) is 5.88 Å². The molecule has 252 valence electrons. The van der Waals surface area contributed by atoms with Crippen LogP contribution < -0.4 is 14.4 Å². The highest BCUT2D eigenvalue weighted by molar-refractivity contribution is 8.00.